The highest BCUT2D eigenvalue weighted by Gasteiger charge is 2.52. The summed E-state index contributed by atoms with van der Waals surface area (Å²) in [6.07, 6.45) is -3.48. The van der Waals surface area contributed by atoms with Gasteiger partial charge in [0.15, 0.2) is 17.6 Å². The van der Waals surface area contributed by atoms with Gasteiger partial charge >= 0.3 is 31.0 Å². The van der Waals surface area contributed by atoms with E-state index in [0.29, 0.717) is 5.56 Å². The highest BCUT2D eigenvalue weighted by molar-refractivity contribution is 6.62. The molecule has 2 aliphatic heterocycles. The molecule has 206 valence electrons. The van der Waals surface area contributed by atoms with E-state index in [1.54, 1.807) is 24.3 Å². The minimum absolute atomic E-state index is 0.165. The van der Waals surface area contributed by atoms with Crippen LogP contribution in [-0.2, 0) is 52.2 Å². The molecule has 0 radical (unpaired) electrons. The maximum Gasteiger partial charge on any atom is 0.494 e. The zero-order chi connectivity index (χ0) is 28.4. The minimum Gasteiger partial charge on any atom is -0.463 e. The van der Waals surface area contributed by atoms with Crippen LogP contribution in [0.3, 0.4) is 0 Å². The number of esters is 4. The van der Waals surface area contributed by atoms with Crippen LogP contribution >= 0.6 is 0 Å². The second kappa shape index (κ2) is 11.3. The van der Waals surface area contributed by atoms with Crippen LogP contribution in [0.5, 0.6) is 0 Å². The fourth-order valence-corrected chi connectivity index (χ4v) is 3.94. The van der Waals surface area contributed by atoms with Gasteiger partial charge in [0.25, 0.3) is 0 Å². The van der Waals surface area contributed by atoms with E-state index in [4.69, 9.17) is 33.0 Å². The van der Waals surface area contributed by atoms with Crippen LogP contribution < -0.4 is 5.46 Å². The van der Waals surface area contributed by atoms with Crippen molar-refractivity contribution in [3.63, 3.8) is 0 Å². The second-order valence-corrected chi connectivity index (χ2v) is 10.1. The summed E-state index contributed by atoms with van der Waals surface area (Å²) < 4.78 is 39.6. The monoisotopic (exact) mass is 532 g/mol. The Morgan fingerprint density at radius 3 is 1.79 bits per heavy atom. The molecule has 11 nitrogen and oxygen atoms in total. The zero-order valence-corrected chi connectivity index (χ0v) is 22.8. The van der Waals surface area contributed by atoms with E-state index < -0.39 is 60.5 Å². The van der Waals surface area contributed by atoms with Crippen molar-refractivity contribution in [3.8, 4) is 0 Å². The zero-order valence-electron chi connectivity index (χ0n) is 22.8. The van der Waals surface area contributed by atoms with Gasteiger partial charge in [-0.1, -0.05) is 24.3 Å². The predicted octanol–water partition coefficient (Wildman–Crippen LogP) is 2.26. The Morgan fingerprint density at radius 2 is 1.32 bits per heavy atom. The van der Waals surface area contributed by atoms with Crippen molar-refractivity contribution in [2.24, 2.45) is 0 Å². The van der Waals surface area contributed by atoms with E-state index in [-0.39, 0.29) is 18.1 Å². The van der Waals surface area contributed by atoms with Crippen LogP contribution in [0.4, 0.5) is 0 Å². The van der Waals surface area contributed by atoms with Gasteiger partial charge in [-0.25, -0.2) is 0 Å². The van der Waals surface area contributed by atoms with Crippen LogP contribution in [0.15, 0.2) is 35.8 Å². The maximum absolute atomic E-state index is 12.0. The quantitative estimate of drug-likeness (QED) is 0.291. The lowest BCUT2D eigenvalue weighted by Gasteiger charge is -2.37. The first kappa shape index (κ1) is 29.3. The number of ether oxygens (including phenoxy) is 5. The second-order valence-electron chi connectivity index (χ2n) is 10.1. The first-order valence-electron chi connectivity index (χ1n) is 12.1. The smallest absolute Gasteiger partial charge is 0.463 e. The number of carbonyl (C=O) groups excluding carboxylic acids is 4. The molecule has 3 rings (SSSR count). The number of benzene rings is 1. The first-order chi connectivity index (χ1) is 17.6. The van der Waals surface area contributed by atoms with Gasteiger partial charge in [-0.15, -0.1) is 0 Å². The summed E-state index contributed by atoms with van der Waals surface area (Å²) >= 11 is 0. The van der Waals surface area contributed by atoms with E-state index in [1.165, 1.54) is 13.8 Å². The van der Waals surface area contributed by atoms with Crippen molar-refractivity contribution in [2.75, 3.05) is 6.61 Å². The number of hydrogen-bond donors (Lipinski definition) is 0. The SMILES string of the molecule is CC(=O)OC[C@H]1O[C@@H](c2ccc(B3OC(C)(C)C(C)(C)O3)cc2)C(OC(C)=O)=C(OC(C)=O)[C@@H]1OC(C)=O. The Hall–Kier alpha value is -3.22. The van der Waals surface area contributed by atoms with Gasteiger partial charge in [0.2, 0.25) is 0 Å². The molecular formula is C26H33BO11. The van der Waals surface area contributed by atoms with Crippen LogP contribution in [-0.4, -0.2) is 61.0 Å². The van der Waals surface area contributed by atoms with Crippen LogP contribution in [0.25, 0.3) is 0 Å². The van der Waals surface area contributed by atoms with Crippen LogP contribution in [0, 0.1) is 0 Å². The van der Waals surface area contributed by atoms with Crippen LogP contribution in [0.2, 0.25) is 0 Å². The van der Waals surface area contributed by atoms with Gasteiger partial charge in [-0.05, 0) is 38.7 Å². The molecule has 0 bridgehead atoms. The molecule has 12 heteroatoms. The third kappa shape index (κ3) is 6.61. The Morgan fingerprint density at radius 1 is 0.789 bits per heavy atom. The van der Waals surface area contributed by atoms with E-state index >= 15 is 0 Å². The van der Waals surface area contributed by atoms with Gasteiger partial charge in [0, 0.05) is 27.7 Å². The molecular weight excluding hydrogens is 499 g/mol. The molecule has 3 atom stereocenters. The van der Waals surface area contributed by atoms with E-state index in [2.05, 4.69) is 0 Å². The number of carbonyl (C=O) groups is 4. The predicted molar refractivity (Wildman–Crippen MR) is 133 cm³/mol. The lowest BCUT2D eigenvalue weighted by molar-refractivity contribution is -0.181. The minimum atomic E-state index is -1.33. The summed E-state index contributed by atoms with van der Waals surface area (Å²) in [5.74, 6) is -3.17. The molecule has 1 aromatic carbocycles. The van der Waals surface area contributed by atoms with Gasteiger partial charge in [0.05, 0.1) is 11.2 Å². The van der Waals surface area contributed by atoms with Gasteiger partial charge < -0.3 is 33.0 Å². The molecule has 0 spiro atoms. The highest BCUT2D eigenvalue weighted by atomic mass is 16.7. The van der Waals surface area contributed by atoms with Crippen LogP contribution in [0.1, 0.15) is 67.1 Å². The van der Waals surface area contributed by atoms with Crippen molar-refractivity contribution in [2.45, 2.75) is 84.9 Å². The van der Waals surface area contributed by atoms with Crippen molar-refractivity contribution in [1.29, 1.82) is 0 Å². The number of hydrogen-bond acceptors (Lipinski definition) is 11. The van der Waals surface area contributed by atoms with Gasteiger partial charge in [-0.2, -0.15) is 0 Å². The molecule has 0 N–H and O–H groups in total. The Balaban J connectivity index is 2.05. The average molecular weight is 532 g/mol. The van der Waals surface area contributed by atoms with Crippen molar-refractivity contribution in [1.82, 2.24) is 0 Å². The first-order valence-corrected chi connectivity index (χ1v) is 12.1. The molecule has 0 aliphatic carbocycles. The fraction of sp³-hybridized carbons (Fsp3) is 0.538. The standard InChI is InChI=1S/C26H33BO11/c1-14(28)32-13-20-22(33-15(2)29)24(35-17(4)31)23(34-16(3)30)21(36-20)18-9-11-19(12-10-18)27-37-25(5,6)26(7,8)38-27/h9-12,20-22H,13H2,1-8H3/t20-,21+,22-/m1/s1. The number of rotatable bonds is 7. The Kier molecular flexibility index (Phi) is 8.70. The molecule has 0 saturated carbocycles. The summed E-state index contributed by atoms with van der Waals surface area (Å²) in [6.45, 7) is 12.2. The molecule has 38 heavy (non-hydrogen) atoms. The Labute approximate surface area is 221 Å². The normalized spacial score (nSPS) is 24.0. The fourth-order valence-electron chi connectivity index (χ4n) is 3.94. The molecule has 1 fully saturated rings. The largest absolute Gasteiger partial charge is 0.494 e. The molecule has 1 aromatic rings. The van der Waals surface area contributed by atoms with Gasteiger partial charge in [0.1, 0.15) is 18.8 Å². The van der Waals surface area contributed by atoms with Crippen molar-refractivity contribution < 1.29 is 52.2 Å². The van der Waals surface area contributed by atoms with E-state index in [0.717, 1.165) is 19.3 Å². The van der Waals surface area contributed by atoms with Crippen molar-refractivity contribution >= 4 is 36.5 Å². The summed E-state index contributed by atoms with van der Waals surface area (Å²) in [6, 6.07) is 6.98. The molecule has 2 heterocycles. The van der Waals surface area contributed by atoms with Gasteiger partial charge in [-0.3, -0.25) is 19.2 Å². The average Bonchev–Trinajstić information content (AvgIpc) is 3.01. The van der Waals surface area contributed by atoms with E-state index in [9.17, 15) is 19.2 Å². The lowest BCUT2D eigenvalue weighted by Crippen LogP contribution is -2.45. The van der Waals surface area contributed by atoms with E-state index in [1.807, 2.05) is 27.7 Å². The third-order valence-electron chi connectivity index (χ3n) is 6.40. The molecule has 0 amide bonds. The lowest BCUT2D eigenvalue weighted by atomic mass is 9.78. The summed E-state index contributed by atoms with van der Waals surface area (Å²) in [5, 5.41) is 0. The summed E-state index contributed by atoms with van der Waals surface area (Å²) in [4.78, 5) is 47.4. The topological polar surface area (TPSA) is 133 Å². The summed E-state index contributed by atoms with van der Waals surface area (Å²) in [7, 11) is -0.605. The third-order valence-corrected chi connectivity index (χ3v) is 6.40. The highest BCUT2D eigenvalue weighted by Crippen LogP contribution is 2.40. The molecule has 0 unspecified atom stereocenters. The molecule has 2 aliphatic rings. The molecule has 0 aromatic heterocycles. The molecule has 1 saturated heterocycles. The maximum atomic E-state index is 12.0. The Bertz CT molecular complexity index is 1110. The van der Waals surface area contributed by atoms with Crippen molar-refractivity contribution in [3.05, 3.63) is 41.3 Å². The summed E-state index contributed by atoms with van der Waals surface area (Å²) in [5.41, 5.74) is 0.210.